The van der Waals surface area contributed by atoms with Crippen LogP contribution in [0.4, 0.5) is 8.78 Å². The number of allylic oxidation sites excluding steroid dienone is 4. The summed E-state index contributed by atoms with van der Waals surface area (Å²) in [6.45, 7) is 3.54. The molecule has 0 aromatic heterocycles. The van der Waals surface area contributed by atoms with Gasteiger partial charge in [-0.05, 0) is 24.1 Å². The van der Waals surface area contributed by atoms with Crippen molar-refractivity contribution in [2.24, 2.45) is 5.41 Å². The Morgan fingerprint density at radius 2 is 1.73 bits per heavy atom. The number of hydrogen-bond donors (Lipinski definition) is 0. The van der Waals surface area contributed by atoms with E-state index < -0.39 is 25.6 Å². The first-order valence-corrected chi connectivity index (χ1v) is 9.17. The molecule has 0 radical (unpaired) electrons. The largest absolute Gasteiger partial charge is 0.285 e. The van der Waals surface area contributed by atoms with E-state index in [2.05, 4.69) is 0 Å². The van der Waals surface area contributed by atoms with Gasteiger partial charge in [0.15, 0.2) is 0 Å². The van der Waals surface area contributed by atoms with Crippen LogP contribution in [0.3, 0.4) is 0 Å². The molecule has 6 heteroatoms. The third kappa shape index (κ3) is 3.96. The van der Waals surface area contributed by atoms with E-state index in [0.29, 0.717) is 11.1 Å². The Morgan fingerprint density at radius 1 is 1.14 bits per heavy atom. The minimum Gasteiger partial charge on any atom is -0.212 e. The van der Waals surface area contributed by atoms with Crippen LogP contribution in [-0.2, 0) is 9.05 Å². The molecule has 0 fully saturated rings. The average molecular weight is 347 g/mol. The molecule has 1 aromatic rings. The van der Waals surface area contributed by atoms with Gasteiger partial charge in [0.2, 0.25) is 9.05 Å². The van der Waals surface area contributed by atoms with Crippen LogP contribution < -0.4 is 0 Å². The molecule has 0 amide bonds. The van der Waals surface area contributed by atoms with E-state index in [-0.39, 0.29) is 6.42 Å². The van der Waals surface area contributed by atoms with Crippen molar-refractivity contribution in [3.63, 3.8) is 0 Å². The number of benzene rings is 1. The minimum atomic E-state index is -3.94. The summed E-state index contributed by atoms with van der Waals surface area (Å²) < 4.78 is 51.0. The minimum absolute atomic E-state index is 0.0667. The Labute approximate surface area is 133 Å². The van der Waals surface area contributed by atoms with E-state index in [1.807, 2.05) is 0 Å². The molecule has 22 heavy (non-hydrogen) atoms. The summed E-state index contributed by atoms with van der Waals surface area (Å²) in [4.78, 5) is 0. The average Bonchev–Trinajstić information content (AvgIpc) is 2.40. The van der Waals surface area contributed by atoms with Gasteiger partial charge >= 0.3 is 0 Å². The highest BCUT2D eigenvalue weighted by atomic mass is 35.7. The molecule has 1 atom stereocenters. The molecule has 2 rings (SSSR count). The highest BCUT2D eigenvalue weighted by Gasteiger charge is 2.37. The molecule has 2 nitrogen and oxygen atoms in total. The van der Waals surface area contributed by atoms with Gasteiger partial charge in [-0.1, -0.05) is 55.8 Å². The van der Waals surface area contributed by atoms with E-state index >= 15 is 0 Å². The monoisotopic (exact) mass is 346 g/mol. The normalized spacial score (nSPS) is 21.2. The van der Waals surface area contributed by atoms with Crippen molar-refractivity contribution < 1.29 is 17.2 Å². The molecule has 1 aromatic carbocycles. The van der Waals surface area contributed by atoms with E-state index in [1.54, 1.807) is 44.2 Å². The van der Waals surface area contributed by atoms with Gasteiger partial charge in [0, 0.05) is 16.1 Å². The van der Waals surface area contributed by atoms with Crippen LogP contribution in [0.5, 0.6) is 0 Å². The zero-order valence-corrected chi connectivity index (χ0v) is 13.8. The Hall–Kier alpha value is -1.20. The highest BCUT2D eigenvalue weighted by molar-refractivity contribution is 8.13. The lowest BCUT2D eigenvalue weighted by atomic mass is 9.77. The van der Waals surface area contributed by atoms with E-state index in [0.717, 1.165) is 12.2 Å². The molecular formula is C16H17ClF2O2S. The molecule has 120 valence electrons. The van der Waals surface area contributed by atoms with Gasteiger partial charge in [-0.2, -0.15) is 8.78 Å². The SMILES string of the molecule is CC1(C)C=CC(F)(F)C=C1CC(c1ccccc1)S(=O)(=O)Cl. The second kappa shape index (κ2) is 5.78. The van der Waals surface area contributed by atoms with Gasteiger partial charge in [0.05, 0.1) is 0 Å². The third-order valence-corrected chi connectivity index (χ3v) is 5.60. The number of alkyl halides is 2. The standard InChI is InChI=1S/C16H17ClF2O2S/c1-15(2)8-9-16(18,19)11-13(15)10-14(22(17,20)21)12-6-4-3-5-7-12/h3-9,11,14H,10H2,1-2H3. The second-order valence-corrected chi connectivity index (χ2v) is 8.79. The van der Waals surface area contributed by atoms with E-state index in [4.69, 9.17) is 10.7 Å². The van der Waals surface area contributed by atoms with Gasteiger partial charge in [-0.25, -0.2) is 8.42 Å². The fourth-order valence-corrected chi connectivity index (χ4v) is 3.82. The summed E-state index contributed by atoms with van der Waals surface area (Å²) in [7, 11) is 1.61. The fourth-order valence-electron chi connectivity index (χ4n) is 2.46. The highest BCUT2D eigenvalue weighted by Crippen LogP contribution is 2.43. The molecule has 1 aliphatic carbocycles. The lowest BCUT2D eigenvalue weighted by Gasteiger charge is -2.32. The van der Waals surface area contributed by atoms with Gasteiger partial charge < -0.3 is 0 Å². The van der Waals surface area contributed by atoms with Gasteiger partial charge in [-0.15, -0.1) is 0 Å². The molecule has 0 heterocycles. The Morgan fingerprint density at radius 3 is 2.27 bits per heavy atom. The molecule has 0 N–H and O–H groups in total. The summed E-state index contributed by atoms with van der Waals surface area (Å²) in [5.74, 6) is -3.07. The summed E-state index contributed by atoms with van der Waals surface area (Å²) in [6.07, 6.45) is 3.02. The zero-order chi connectivity index (χ0) is 16.6. The summed E-state index contributed by atoms with van der Waals surface area (Å²) in [5, 5.41) is -1.05. The summed E-state index contributed by atoms with van der Waals surface area (Å²) in [5.41, 5.74) is 0.209. The number of rotatable bonds is 4. The van der Waals surface area contributed by atoms with Crippen molar-refractivity contribution in [1.82, 2.24) is 0 Å². The van der Waals surface area contributed by atoms with Gasteiger partial charge in [0.25, 0.3) is 5.92 Å². The maximum atomic E-state index is 13.6. The number of halogens is 3. The number of hydrogen-bond acceptors (Lipinski definition) is 2. The molecule has 0 saturated carbocycles. The first-order chi connectivity index (χ1) is 10.0. The maximum Gasteiger partial charge on any atom is 0.285 e. The van der Waals surface area contributed by atoms with Crippen molar-refractivity contribution in [1.29, 1.82) is 0 Å². The van der Waals surface area contributed by atoms with Crippen molar-refractivity contribution in [2.45, 2.75) is 31.4 Å². The predicted molar refractivity (Wildman–Crippen MR) is 84.5 cm³/mol. The van der Waals surface area contributed by atoms with E-state index in [1.165, 1.54) is 6.08 Å². The summed E-state index contributed by atoms with van der Waals surface area (Å²) in [6, 6.07) is 8.41. The molecule has 0 spiro atoms. The molecule has 1 unspecified atom stereocenters. The van der Waals surface area contributed by atoms with Crippen molar-refractivity contribution in [3.05, 3.63) is 59.7 Å². The Bertz CT molecular complexity index is 707. The zero-order valence-electron chi connectivity index (χ0n) is 12.3. The van der Waals surface area contributed by atoms with E-state index in [9.17, 15) is 17.2 Å². The van der Waals surface area contributed by atoms with Crippen LogP contribution >= 0.6 is 10.7 Å². The van der Waals surface area contributed by atoms with Crippen LogP contribution in [0.1, 0.15) is 31.1 Å². The second-order valence-electron chi connectivity index (χ2n) is 5.98. The first-order valence-electron chi connectivity index (χ1n) is 6.80. The van der Waals surface area contributed by atoms with Crippen LogP contribution in [0.15, 0.2) is 54.1 Å². The van der Waals surface area contributed by atoms with Crippen molar-refractivity contribution in [3.8, 4) is 0 Å². The first kappa shape index (κ1) is 17.2. The summed E-state index contributed by atoms with van der Waals surface area (Å²) >= 11 is 0. The lowest BCUT2D eigenvalue weighted by molar-refractivity contribution is 0.104. The molecular weight excluding hydrogens is 330 g/mol. The smallest absolute Gasteiger partial charge is 0.212 e. The quantitative estimate of drug-likeness (QED) is 0.577. The molecule has 0 saturated heterocycles. The van der Waals surface area contributed by atoms with Gasteiger partial charge in [-0.3, -0.25) is 0 Å². The Kier molecular flexibility index (Phi) is 4.51. The van der Waals surface area contributed by atoms with Crippen LogP contribution in [-0.4, -0.2) is 14.3 Å². The fraction of sp³-hybridized carbons (Fsp3) is 0.375. The Balaban J connectivity index is 2.42. The molecule has 1 aliphatic rings. The molecule has 0 aliphatic heterocycles. The van der Waals surface area contributed by atoms with Crippen LogP contribution in [0.2, 0.25) is 0 Å². The lowest BCUT2D eigenvalue weighted by Crippen LogP contribution is -2.25. The van der Waals surface area contributed by atoms with Crippen molar-refractivity contribution >= 4 is 19.7 Å². The maximum absolute atomic E-state index is 13.6. The van der Waals surface area contributed by atoms with Crippen LogP contribution in [0, 0.1) is 5.41 Å². The molecule has 0 bridgehead atoms. The topological polar surface area (TPSA) is 34.1 Å². The van der Waals surface area contributed by atoms with Gasteiger partial charge in [0.1, 0.15) is 5.25 Å². The van der Waals surface area contributed by atoms with Crippen molar-refractivity contribution in [2.75, 3.05) is 0 Å². The third-order valence-electron chi connectivity index (χ3n) is 3.83. The predicted octanol–water partition coefficient (Wildman–Crippen LogP) is 4.84. The van der Waals surface area contributed by atoms with Crippen LogP contribution in [0.25, 0.3) is 0 Å².